The van der Waals surface area contributed by atoms with Crippen molar-refractivity contribution >= 4 is 91.1 Å². The van der Waals surface area contributed by atoms with Gasteiger partial charge in [0.25, 0.3) is 0 Å². The molecule has 2 N–H and O–H groups in total. The van der Waals surface area contributed by atoms with Crippen LogP contribution in [0.2, 0.25) is 0 Å². The van der Waals surface area contributed by atoms with E-state index in [-0.39, 0.29) is 57.1 Å². The third-order valence-corrected chi connectivity index (χ3v) is 2.66. The van der Waals surface area contributed by atoms with Crippen LogP contribution < -0.4 is 4.52 Å². The van der Waals surface area contributed by atoms with Crippen molar-refractivity contribution in [3.63, 3.8) is 0 Å². The Morgan fingerprint density at radius 3 is 2.29 bits per heavy atom. The molecule has 0 fully saturated rings. The number of hydrogen-bond donors (Lipinski definition) is 2. The first-order valence-corrected chi connectivity index (χ1v) is 6.20. The predicted octanol–water partition coefficient (Wildman–Crippen LogP) is 2.03. The summed E-state index contributed by atoms with van der Waals surface area (Å²) in [5.74, 6) is 0.108. The summed E-state index contributed by atoms with van der Waals surface area (Å²) in [5.41, 5.74) is 0. The summed E-state index contributed by atoms with van der Waals surface area (Å²) in [6.45, 7) is 0. The zero-order valence-electron chi connectivity index (χ0n) is 6.15. The van der Waals surface area contributed by atoms with Gasteiger partial charge in [0.2, 0.25) is 0 Å². The van der Waals surface area contributed by atoms with E-state index in [0.717, 1.165) is 4.47 Å². The fourth-order valence-corrected chi connectivity index (χ4v) is 2.35. The van der Waals surface area contributed by atoms with E-state index in [9.17, 15) is 4.57 Å². The Hall–Kier alpha value is 1.77. The van der Waals surface area contributed by atoms with Crippen LogP contribution in [0.15, 0.2) is 27.1 Å². The second kappa shape index (κ2) is 6.49. The summed E-state index contributed by atoms with van der Waals surface area (Å²) in [7, 11) is -4.47. The molecular weight excluding hydrogens is 366 g/mol. The molecule has 0 saturated heterocycles. The molecule has 1 aromatic rings. The molecule has 74 valence electrons. The van der Waals surface area contributed by atoms with E-state index in [1.807, 2.05) is 0 Å². The molecule has 0 heterocycles. The normalized spacial score (nSPS) is 10.6. The van der Waals surface area contributed by atoms with E-state index in [4.69, 9.17) is 9.79 Å². The second-order valence-electron chi connectivity index (χ2n) is 2.16. The third kappa shape index (κ3) is 5.74. The molecule has 0 saturated carbocycles. The summed E-state index contributed by atoms with van der Waals surface area (Å²) in [5, 5.41) is 0. The molecule has 0 spiro atoms. The van der Waals surface area contributed by atoms with Crippen molar-refractivity contribution in [3.05, 3.63) is 27.1 Å². The van der Waals surface area contributed by atoms with Gasteiger partial charge < -0.3 is 4.52 Å². The molecule has 8 heteroatoms. The molecule has 1 aromatic carbocycles. The van der Waals surface area contributed by atoms with E-state index in [1.165, 1.54) is 6.07 Å². The van der Waals surface area contributed by atoms with E-state index in [2.05, 4.69) is 36.4 Å². The zero-order valence-corrected chi connectivity index (χ0v) is 10.2. The average Bonchev–Trinajstić information content (AvgIpc) is 1.93. The SMILES string of the molecule is O=P(O)(O)Oc1ccc(Br)cc1Br.[KH]. The molecule has 0 aromatic heterocycles. The van der Waals surface area contributed by atoms with Gasteiger partial charge in [-0.1, -0.05) is 15.9 Å². The number of halogens is 2. The van der Waals surface area contributed by atoms with Crippen LogP contribution in [0.4, 0.5) is 0 Å². The van der Waals surface area contributed by atoms with E-state index >= 15 is 0 Å². The van der Waals surface area contributed by atoms with Crippen molar-refractivity contribution in [1.29, 1.82) is 0 Å². The Balaban J connectivity index is 0.00000169. The molecule has 0 unspecified atom stereocenters. The van der Waals surface area contributed by atoms with Gasteiger partial charge in [0.05, 0.1) is 4.47 Å². The Morgan fingerprint density at radius 2 is 1.86 bits per heavy atom. The van der Waals surface area contributed by atoms with Crippen LogP contribution in [-0.4, -0.2) is 61.2 Å². The molecule has 0 bridgehead atoms. The van der Waals surface area contributed by atoms with Crippen molar-refractivity contribution in [2.45, 2.75) is 0 Å². The van der Waals surface area contributed by atoms with Gasteiger partial charge in [-0.15, -0.1) is 0 Å². The van der Waals surface area contributed by atoms with Gasteiger partial charge >= 0.3 is 59.2 Å². The predicted molar refractivity (Wildman–Crippen MR) is 61.7 cm³/mol. The van der Waals surface area contributed by atoms with Crippen LogP contribution in [0.1, 0.15) is 0 Å². The summed E-state index contributed by atoms with van der Waals surface area (Å²) < 4.78 is 16.1. The number of phosphoric acid groups is 1. The fourth-order valence-electron chi connectivity index (χ4n) is 0.677. The molecule has 0 amide bonds. The Labute approximate surface area is 140 Å². The van der Waals surface area contributed by atoms with Gasteiger partial charge in [-0.3, -0.25) is 9.79 Å². The van der Waals surface area contributed by atoms with Crippen molar-refractivity contribution < 1.29 is 18.9 Å². The fraction of sp³-hybridized carbons (Fsp3) is 0. The first-order chi connectivity index (χ1) is 5.88. The molecule has 0 aliphatic rings. The third-order valence-electron chi connectivity index (χ3n) is 1.11. The first kappa shape index (κ1) is 15.8. The number of benzene rings is 1. The average molecular weight is 372 g/mol. The first-order valence-electron chi connectivity index (χ1n) is 3.09. The van der Waals surface area contributed by atoms with Crippen LogP contribution in [0.3, 0.4) is 0 Å². The van der Waals surface area contributed by atoms with Gasteiger partial charge in [-0.2, -0.15) is 0 Å². The zero-order chi connectivity index (χ0) is 10.1. The second-order valence-corrected chi connectivity index (χ2v) is 5.09. The number of hydrogen-bond acceptors (Lipinski definition) is 2. The Kier molecular flexibility index (Phi) is 7.31. The summed E-state index contributed by atoms with van der Waals surface area (Å²) in [4.78, 5) is 17.0. The molecule has 0 aliphatic heterocycles. The van der Waals surface area contributed by atoms with Crippen molar-refractivity contribution in [2.24, 2.45) is 0 Å². The van der Waals surface area contributed by atoms with Crippen LogP contribution in [-0.2, 0) is 4.57 Å². The van der Waals surface area contributed by atoms with Crippen LogP contribution in [0.5, 0.6) is 5.75 Å². The Morgan fingerprint density at radius 1 is 1.29 bits per heavy atom. The molecule has 0 radical (unpaired) electrons. The van der Waals surface area contributed by atoms with Crippen LogP contribution in [0, 0.1) is 0 Å². The van der Waals surface area contributed by atoms with Gasteiger partial charge in [0.15, 0.2) is 0 Å². The van der Waals surface area contributed by atoms with Gasteiger partial charge in [0, 0.05) is 4.47 Å². The molecule has 0 atom stereocenters. The molecule has 0 aliphatic carbocycles. The minimum atomic E-state index is -4.47. The maximum atomic E-state index is 10.5. The summed E-state index contributed by atoms with van der Waals surface area (Å²) in [6, 6.07) is 4.70. The molecule has 1 rings (SSSR count). The van der Waals surface area contributed by atoms with Crippen molar-refractivity contribution in [3.8, 4) is 5.75 Å². The van der Waals surface area contributed by atoms with Gasteiger partial charge in [0.1, 0.15) is 5.75 Å². The van der Waals surface area contributed by atoms with Crippen LogP contribution >= 0.6 is 39.7 Å². The summed E-state index contributed by atoms with van der Waals surface area (Å²) >= 11 is 6.30. The Bertz CT molecular complexity index is 367. The molecule has 4 nitrogen and oxygen atoms in total. The van der Waals surface area contributed by atoms with E-state index < -0.39 is 7.82 Å². The van der Waals surface area contributed by atoms with E-state index in [0.29, 0.717) is 4.47 Å². The number of phosphoric ester groups is 1. The number of rotatable bonds is 2. The quantitative estimate of drug-likeness (QED) is 0.616. The van der Waals surface area contributed by atoms with E-state index in [1.54, 1.807) is 12.1 Å². The summed E-state index contributed by atoms with van der Waals surface area (Å²) in [6.07, 6.45) is 0. The minimum absolute atomic E-state index is 0. The van der Waals surface area contributed by atoms with Gasteiger partial charge in [-0.05, 0) is 34.1 Å². The van der Waals surface area contributed by atoms with Gasteiger partial charge in [-0.25, -0.2) is 4.57 Å². The monoisotopic (exact) mass is 370 g/mol. The molecule has 14 heavy (non-hydrogen) atoms. The topological polar surface area (TPSA) is 66.8 Å². The van der Waals surface area contributed by atoms with Crippen LogP contribution in [0.25, 0.3) is 0 Å². The standard InChI is InChI=1S/C6H5Br2O4P.K.H/c7-4-1-2-6(5(8)3-4)12-13(9,10)11;;/h1-3H,(H2,9,10,11);;. The van der Waals surface area contributed by atoms with Crippen molar-refractivity contribution in [2.75, 3.05) is 0 Å². The molecular formula is C6H6Br2KO4P. The van der Waals surface area contributed by atoms with Crippen molar-refractivity contribution in [1.82, 2.24) is 0 Å². The maximum absolute atomic E-state index is 10.5.